The Morgan fingerprint density at radius 3 is 2.38 bits per heavy atom. The normalized spacial score (nSPS) is 43.2. The van der Waals surface area contributed by atoms with Crippen molar-refractivity contribution in [2.45, 2.75) is 76.3 Å². The van der Waals surface area contributed by atoms with Gasteiger partial charge in [-0.2, -0.15) is 0 Å². The van der Waals surface area contributed by atoms with E-state index in [9.17, 15) is 9.59 Å². The molecule has 0 radical (unpaired) electrons. The smallest absolute Gasteiger partial charge is 0.230 e. The molecule has 6 fully saturated rings. The summed E-state index contributed by atoms with van der Waals surface area (Å²) in [6, 6.07) is 6.67. The first-order chi connectivity index (χ1) is 13.8. The Bertz CT molecular complexity index is 875. The molecular formula is C24H31N3O2. The molecule has 29 heavy (non-hydrogen) atoms. The zero-order valence-corrected chi connectivity index (χ0v) is 17.4. The molecule has 1 aromatic heterocycles. The highest BCUT2D eigenvalue weighted by atomic mass is 16.2. The van der Waals surface area contributed by atoms with E-state index in [0.717, 1.165) is 50.6 Å². The van der Waals surface area contributed by atoms with Crippen molar-refractivity contribution in [1.29, 1.82) is 0 Å². The lowest BCUT2D eigenvalue weighted by Crippen LogP contribution is -2.77. The summed E-state index contributed by atoms with van der Waals surface area (Å²) in [5.74, 6) is 1.67. The average molecular weight is 394 g/mol. The molecule has 7 rings (SSSR count). The first-order valence-corrected chi connectivity index (χ1v) is 11.3. The number of aromatic nitrogens is 1. The van der Waals surface area contributed by atoms with Gasteiger partial charge in [0.25, 0.3) is 0 Å². The minimum atomic E-state index is -0.343. The van der Waals surface area contributed by atoms with Crippen LogP contribution in [0, 0.1) is 28.6 Å². The van der Waals surface area contributed by atoms with E-state index in [2.05, 4.69) is 30.9 Å². The quantitative estimate of drug-likeness (QED) is 0.799. The van der Waals surface area contributed by atoms with Gasteiger partial charge in [-0.3, -0.25) is 14.6 Å². The first-order valence-electron chi connectivity index (χ1n) is 11.3. The third kappa shape index (κ3) is 2.14. The Balaban J connectivity index is 1.37. The lowest BCUT2D eigenvalue weighted by molar-refractivity contribution is -0.201. The average Bonchev–Trinajstić information content (AvgIpc) is 3.47. The number of pyridine rings is 1. The second-order valence-corrected chi connectivity index (χ2v) is 11.3. The van der Waals surface area contributed by atoms with Gasteiger partial charge >= 0.3 is 0 Å². The van der Waals surface area contributed by atoms with E-state index in [1.807, 2.05) is 12.3 Å². The maximum Gasteiger partial charge on any atom is 0.230 e. The molecule has 1 saturated heterocycles. The van der Waals surface area contributed by atoms with Crippen LogP contribution in [0.3, 0.4) is 0 Å². The predicted octanol–water partition coefficient (Wildman–Crippen LogP) is 3.03. The Kier molecular flexibility index (Phi) is 3.34. The fraction of sp³-hybridized carbons (Fsp3) is 0.708. The molecule has 5 heteroatoms. The topological polar surface area (TPSA) is 76.3 Å². The number of carbonyl (C=O) groups excluding carboxylic acids is 2. The van der Waals surface area contributed by atoms with Gasteiger partial charge in [0.1, 0.15) is 0 Å². The Hall–Kier alpha value is -1.91. The largest absolute Gasteiger partial charge is 0.369 e. The van der Waals surface area contributed by atoms with Crippen LogP contribution in [0.4, 0.5) is 0 Å². The maximum atomic E-state index is 13.5. The number of primary amides is 1. The number of carbonyl (C=O) groups is 2. The molecule has 6 aliphatic rings. The molecule has 4 bridgehead atoms. The Morgan fingerprint density at radius 1 is 1.14 bits per heavy atom. The molecule has 2 amide bonds. The molecule has 2 N–H and O–H groups in total. The number of amides is 2. The summed E-state index contributed by atoms with van der Waals surface area (Å²) in [5.41, 5.74) is 6.40. The molecule has 5 saturated carbocycles. The van der Waals surface area contributed by atoms with Gasteiger partial charge in [-0.1, -0.05) is 6.07 Å². The van der Waals surface area contributed by atoms with Crippen LogP contribution in [0.25, 0.3) is 0 Å². The fourth-order valence-electron chi connectivity index (χ4n) is 8.33. The van der Waals surface area contributed by atoms with E-state index < -0.39 is 0 Å². The summed E-state index contributed by atoms with van der Waals surface area (Å²) < 4.78 is 0. The van der Waals surface area contributed by atoms with Crippen molar-refractivity contribution in [2.75, 3.05) is 0 Å². The molecule has 2 heterocycles. The molecule has 0 aromatic carbocycles. The molecule has 154 valence electrons. The van der Waals surface area contributed by atoms with E-state index in [-0.39, 0.29) is 34.2 Å². The third-order valence-electron chi connectivity index (χ3n) is 9.30. The van der Waals surface area contributed by atoms with E-state index in [4.69, 9.17) is 10.7 Å². The number of likely N-dealkylation sites (tertiary alicyclic amines) is 1. The zero-order chi connectivity index (χ0) is 20.2. The number of rotatable bonds is 4. The van der Waals surface area contributed by atoms with Crippen LogP contribution in [0.15, 0.2) is 24.4 Å². The van der Waals surface area contributed by atoms with Gasteiger partial charge in [0.2, 0.25) is 11.8 Å². The highest BCUT2D eigenvalue weighted by Crippen LogP contribution is 2.66. The fourth-order valence-corrected chi connectivity index (χ4v) is 8.33. The second kappa shape index (κ2) is 5.41. The lowest BCUT2D eigenvalue weighted by Gasteiger charge is -2.67. The van der Waals surface area contributed by atoms with Crippen LogP contribution in [-0.2, 0) is 15.0 Å². The summed E-state index contributed by atoms with van der Waals surface area (Å²) in [7, 11) is 0. The SMILES string of the molecule is CC1(C)C(=O)N([C@H]2C3CC4CC2C[C@](C(N)=O)(C4)C3)C1C1(c2ccccn2)CC1. The zero-order valence-electron chi connectivity index (χ0n) is 17.4. The van der Waals surface area contributed by atoms with E-state index in [1.54, 1.807) is 0 Å². The molecule has 5 nitrogen and oxygen atoms in total. The van der Waals surface area contributed by atoms with Crippen LogP contribution in [-0.4, -0.2) is 33.8 Å². The van der Waals surface area contributed by atoms with Gasteiger partial charge in [-0.05, 0) is 88.7 Å². The Labute approximate surface area is 172 Å². The van der Waals surface area contributed by atoms with Gasteiger partial charge in [0, 0.05) is 28.8 Å². The van der Waals surface area contributed by atoms with Gasteiger partial charge in [-0.15, -0.1) is 0 Å². The van der Waals surface area contributed by atoms with Crippen molar-refractivity contribution in [3.8, 4) is 0 Å². The molecule has 0 spiro atoms. The number of hydrogen-bond donors (Lipinski definition) is 1. The van der Waals surface area contributed by atoms with Crippen molar-refractivity contribution in [2.24, 2.45) is 34.3 Å². The van der Waals surface area contributed by atoms with Gasteiger partial charge in [-0.25, -0.2) is 0 Å². The van der Waals surface area contributed by atoms with Gasteiger partial charge < -0.3 is 10.6 Å². The van der Waals surface area contributed by atoms with Crippen molar-refractivity contribution < 1.29 is 9.59 Å². The van der Waals surface area contributed by atoms with Crippen LogP contribution in [0.1, 0.15) is 64.5 Å². The highest BCUT2D eigenvalue weighted by molar-refractivity contribution is 5.91. The minimum Gasteiger partial charge on any atom is -0.369 e. The summed E-state index contributed by atoms with van der Waals surface area (Å²) in [6.07, 6.45) is 9.15. The minimum absolute atomic E-state index is 0.00864. The molecule has 1 aromatic rings. The molecule has 5 aliphatic carbocycles. The number of nitrogens with zero attached hydrogens (tertiary/aromatic N) is 2. The van der Waals surface area contributed by atoms with Crippen LogP contribution >= 0.6 is 0 Å². The monoisotopic (exact) mass is 393 g/mol. The van der Waals surface area contributed by atoms with Crippen molar-refractivity contribution in [1.82, 2.24) is 9.88 Å². The van der Waals surface area contributed by atoms with Crippen LogP contribution in [0.5, 0.6) is 0 Å². The summed E-state index contributed by atoms with van der Waals surface area (Å²) >= 11 is 0. The highest BCUT2D eigenvalue weighted by Gasteiger charge is 2.72. The van der Waals surface area contributed by atoms with Crippen molar-refractivity contribution >= 4 is 11.8 Å². The summed E-state index contributed by atoms with van der Waals surface area (Å²) in [6.45, 7) is 4.25. The lowest BCUT2D eigenvalue weighted by atomic mass is 9.46. The standard InChI is InChI=1S/C24H31N3O2/c1-22(2)19(24(6-7-24)17-5-3-4-8-26-17)27(21(22)29)18-15-9-14-10-16(18)13-23(11-14,12-15)20(25)28/h3-5,8,14-16,18-19H,6-7,9-13H2,1-2H3,(H2,25,28)/t14?,15?,16?,18-,19?,23-. The van der Waals surface area contributed by atoms with Crippen LogP contribution < -0.4 is 5.73 Å². The van der Waals surface area contributed by atoms with E-state index >= 15 is 0 Å². The Morgan fingerprint density at radius 2 is 1.83 bits per heavy atom. The number of hydrogen-bond acceptors (Lipinski definition) is 3. The third-order valence-corrected chi connectivity index (χ3v) is 9.30. The maximum absolute atomic E-state index is 13.5. The molecular weight excluding hydrogens is 362 g/mol. The molecule has 1 aliphatic heterocycles. The van der Waals surface area contributed by atoms with Gasteiger partial charge in [0.05, 0.1) is 11.5 Å². The van der Waals surface area contributed by atoms with E-state index in [0.29, 0.717) is 23.7 Å². The molecule has 3 atom stereocenters. The van der Waals surface area contributed by atoms with Gasteiger partial charge in [0.15, 0.2) is 0 Å². The van der Waals surface area contributed by atoms with Crippen molar-refractivity contribution in [3.05, 3.63) is 30.1 Å². The first kappa shape index (κ1) is 17.9. The van der Waals surface area contributed by atoms with Crippen LogP contribution in [0.2, 0.25) is 0 Å². The number of β-lactam (4-membered cyclic amide) rings is 1. The predicted molar refractivity (Wildman–Crippen MR) is 109 cm³/mol. The summed E-state index contributed by atoms with van der Waals surface area (Å²) in [5, 5.41) is 0. The molecule has 3 unspecified atom stereocenters. The van der Waals surface area contributed by atoms with Crippen molar-refractivity contribution in [3.63, 3.8) is 0 Å². The van der Waals surface area contributed by atoms with E-state index in [1.165, 1.54) is 0 Å². The number of nitrogens with two attached hydrogens (primary N) is 1. The summed E-state index contributed by atoms with van der Waals surface area (Å²) in [4.78, 5) is 32.8. The second-order valence-electron chi connectivity index (χ2n) is 11.3.